The highest BCUT2D eigenvalue weighted by atomic mass is 16.5. The molecule has 0 radical (unpaired) electrons. The molecule has 0 bridgehead atoms. The van der Waals surface area contributed by atoms with Gasteiger partial charge in [-0.2, -0.15) is 0 Å². The van der Waals surface area contributed by atoms with Gasteiger partial charge in [0, 0.05) is 13.8 Å². The summed E-state index contributed by atoms with van der Waals surface area (Å²) in [5.41, 5.74) is 1.66. The summed E-state index contributed by atoms with van der Waals surface area (Å²) in [6, 6.07) is 8.60. The van der Waals surface area contributed by atoms with Gasteiger partial charge in [0.05, 0.1) is 10.9 Å². The zero-order chi connectivity index (χ0) is 19.7. The fourth-order valence-corrected chi connectivity index (χ4v) is 2.92. The topological polar surface area (TPSA) is 98.3 Å². The molecule has 138 valence electrons. The number of hydrogen-bond acceptors (Lipinski definition) is 6. The van der Waals surface area contributed by atoms with E-state index in [-0.39, 0.29) is 28.4 Å². The third-order valence-electron chi connectivity index (χ3n) is 3.94. The molecule has 0 saturated carbocycles. The van der Waals surface area contributed by atoms with E-state index in [1.54, 1.807) is 44.2 Å². The lowest BCUT2D eigenvalue weighted by Crippen LogP contribution is -2.13. The summed E-state index contributed by atoms with van der Waals surface area (Å²) in [4.78, 5) is 42.9. The number of nitrogens with zero attached hydrogens (tertiary/aromatic N) is 1. The standard InChI is InChI=1S/C20H18N2O5/c1-10-9-11(2)18(27-13(4)24)16(17(10)26-12(3)23)19-21-15-8-6-5-7-14(15)20(25)22-19/h5-9H,1-4H3,(H,21,22,25). The maximum atomic E-state index is 12.5. The molecule has 0 spiro atoms. The first-order valence-electron chi connectivity index (χ1n) is 8.28. The lowest BCUT2D eigenvalue weighted by atomic mass is 10.0. The zero-order valence-corrected chi connectivity index (χ0v) is 15.4. The number of ether oxygens (including phenoxy) is 2. The van der Waals surface area contributed by atoms with E-state index in [4.69, 9.17) is 9.47 Å². The molecule has 0 saturated heterocycles. The van der Waals surface area contributed by atoms with Gasteiger partial charge >= 0.3 is 11.9 Å². The average molecular weight is 366 g/mol. The molecule has 3 aromatic rings. The number of carbonyl (C=O) groups is 2. The van der Waals surface area contributed by atoms with Crippen molar-refractivity contribution >= 4 is 22.8 Å². The van der Waals surface area contributed by atoms with E-state index in [1.807, 2.05) is 0 Å². The lowest BCUT2D eigenvalue weighted by molar-refractivity contribution is -0.132. The van der Waals surface area contributed by atoms with E-state index in [1.165, 1.54) is 13.8 Å². The Morgan fingerprint density at radius 1 is 0.963 bits per heavy atom. The number of rotatable bonds is 3. The van der Waals surface area contributed by atoms with Crippen molar-refractivity contribution in [2.75, 3.05) is 0 Å². The predicted molar refractivity (Wildman–Crippen MR) is 99.9 cm³/mol. The van der Waals surface area contributed by atoms with Crippen LogP contribution in [0.5, 0.6) is 11.5 Å². The first kappa shape index (κ1) is 18.3. The highest BCUT2D eigenvalue weighted by Gasteiger charge is 2.23. The number of aromatic nitrogens is 2. The summed E-state index contributed by atoms with van der Waals surface area (Å²) >= 11 is 0. The van der Waals surface area contributed by atoms with Gasteiger partial charge < -0.3 is 14.5 Å². The SMILES string of the molecule is CC(=O)Oc1c(C)cc(C)c(OC(C)=O)c1-c1nc2ccccc2c(=O)[nH]1. The fraction of sp³-hybridized carbons (Fsp3) is 0.200. The minimum absolute atomic E-state index is 0.151. The molecule has 0 atom stereocenters. The van der Waals surface area contributed by atoms with Crippen LogP contribution in [0.3, 0.4) is 0 Å². The Labute approximate surface area is 155 Å². The predicted octanol–water partition coefficient (Wildman–Crippen LogP) is 3.06. The Balaban J connectivity index is 2.40. The molecule has 7 heteroatoms. The molecule has 7 nitrogen and oxygen atoms in total. The van der Waals surface area contributed by atoms with Gasteiger partial charge in [-0.3, -0.25) is 14.4 Å². The maximum Gasteiger partial charge on any atom is 0.308 e. The minimum atomic E-state index is -0.542. The molecule has 1 N–H and O–H groups in total. The normalized spacial score (nSPS) is 10.7. The average Bonchev–Trinajstić information content (AvgIpc) is 2.58. The van der Waals surface area contributed by atoms with E-state index in [0.717, 1.165) is 0 Å². The van der Waals surface area contributed by atoms with Crippen molar-refractivity contribution in [1.29, 1.82) is 0 Å². The molecule has 0 fully saturated rings. The molecule has 0 aliphatic carbocycles. The van der Waals surface area contributed by atoms with Gasteiger partial charge in [0.25, 0.3) is 5.56 Å². The second-order valence-electron chi connectivity index (χ2n) is 6.16. The van der Waals surface area contributed by atoms with Crippen LogP contribution in [-0.2, 0) is 9.59 Å². The third kappa shape index (κ3) is 3.57. The lowest BCUT2D eigenvalue weighted by Gasteiger charge is -2.18. The molecule has 0 aliphatic rings. The monoisotopic (exact) mass is 366 g/mol. The number of fused-ring (bicyclic) bond motifs is 1. The Kier molecular flexibility index (Phi) is 4.77. The van der Waals surface area contributed by atoms with Crippen LogP contribution in [0, 0.1) is 13.8 Å². The van der Waals surface area contributed by atoms with Gasteiger partial charge in [0.2, 0.25) is 0 Å². The van der Waals surface area contributed by atoms with Crippen LogP contribution in [0.15, 0.2) is 35.1 Å². The summed E-state index contributed by atoms with van der Waals surface area (Å²) < 4.78 is 10.7. The Morgan fingerprint density at radius 3 is 2.07 bits per heavy atom. The first-order chi connectivity index (χ1) is 12.8. The van der Waals surface area contributed by atoms with Crippen LogP contribution in [0.1, 0.15) is 25.0 Å². The summed E-state index contributed by atoms with van der Waals surface area (Å²) in [7, 11) is 0. The second kappa shape index (κ2) is 7.03. The molecular formula is C20H18N2O5. The van der Waals surface area contributed by atoms with Crippen molar-refractivity contribution in [3.63, 3.8) is 0 Å². The summed E-state index contributed by atoms with van der Waals surface area (Å²) in [5.74, 6) is -0.566. The number of carbonyl (C=O) groups excluding carboxylic acids is 2. The number of aromatic amines is 1. The largest absolute Gasteiger partial charge is 0.426 e. The molecule has 1 heterocycles. The fourth-order valence-electron chi connectivity index (χ4n) is 2.92. The summed E-state index contributed by atoms with van der Waals surface area (Å²) in [6.07, 6.45) is 0. The van der Waals surface area contributed by atoms with E-state index in [9.17, 15) is 14.4 Å². The molecule has 3 rings (SSSR count). The van der Waals surface area contributed by atoms with Crippen molar-refractivity contribution in [3.05, 3.63) is 51.8 Å². The molecule has 0 aliphatic heterocycles. The van der Waals surface area contributed by atoms with Crippen LogP contribution < -0.4 is 15.0 Å². The molecule has 2 aromatic carbocycles. The molecule has 0 amide bonds. The second-order valence-corrected chi connectivity index (χ2v) is 6.16. The van der Waals surface area contributed by atoms with Gasteiger partial charge in [-0.05, 0) is 43.2 Å². The van der Waals surface area contributed by atoms with Crippen molar-refractivity contribution < 1.29 is 19.1 Å². The minimum Gasteiger partial charge on any atom is -0.426 e. The van der Waals surface area contributed by atoms with Crippen molar-refractivity contribution in [2.24, 2.45) is 0 Å². The van der Waals surface area contributed by atoms with Gasteiger partial charge in [0.15, 0.2) is 0 Å². The Bertz CT molecular complexity index is 1090. The summed E-state index contributed by atoms with van der Waals surface area (Å²) in [6.45, 7) is 6.05. The number of hydrogen-bond donors (Lipinski definition) is 1. The zero-order valence-electron chi connectivity index (χ0n) is 15.4. The quantitative estimate of drug-likeness (QED) is 0.565. The van der Waals surface area contributed by atoms with Crippen LogP contribution in [0.2, 0.25) is 0 Å². The third-order valence-corrected chi connectivity index (χ3v) is 3.94. The van der Waals surface area contributed by atoms with Gasteiger partial charge in [-0.15, -0.1) is 0 Å². The van der Waals surface area contributed by atoms with Gasteiger partial charge in [-0.25, -0.2) is 4.98 Å². The number of benzene rings is 2. The van der Waals surface area contributed by atoms with Crippen molar-refractivity contribution in [2.45, 2.75) is 27.7 Å². The Hall–Kier alpha value is -3.48. The van der Waals surface area contributed by atoms with Crippen LogP contribution >= 0.6 is 0 Å². The van der Waals surface area contributed by atoms with Crippen molar-refractivity contribution in [1.82, 2.24) is 9.97 Å². The van der Waals surface area contributed by atoms with Gasteiger partial charge in [0.1, 0.15) is 22.9 Å². The van der Waals surface area contributed by atoms with E-state index in [0.29, 0.717) is 22.0 Å². The highest BCUT2D eigenvalue weighted by molar-refractivity contribution is 5.86. The van der Waals surface area contributed by atoms with Crippen LogP contribution in [0.4, 0.5) is 0 Å². The van der Waals surface area contributed by atoms with Crippen LogP contribution in [-0.4, -0.2) is 21.9 Å². The summed E-state index contributed by atoms with van der Waals surface area (Å²) in [5, 5.41) is 0.425. The smallest absolute Gasteiger partial charge is 0.308 e. The number of aryl methyl sites for hydroxylation is 2. The number of H-pyrrole nitrogens is 1. The van der Waals surface area contributed by atoms with Gasteiger partial charge in [-0.1, -0.05) is 12.1 Å². The molecule has 1 aromatic heterocycles. The van der Waals surface area contributed by atoms with Crippen molar-refractivity contribution in [3.8, 4) is 22.9 Å². The maximum absolute atomic E-state index is 12.5. The number of para-hydroxylation sites is 1. The highest BCUT2D eigenvalue weighted by Crippen LogP contribution is 2.42. The number of esters is 2. The number of nitrogens with one attached hydrogen (secondary N) is 1. The molecule has 27 heavy (non-hydrogen) atoms. The van der Waals surface area contributed by atoms with E-state index < -0.39 is 11.9 Å². The molecule has 0 unspecified atom stereocenters. The first-order valence-corrected chi connectivity index (χ1v) is 8.28. The van der Waals surface area contributed by atoms with E-state index in [2.05, 4.69) is 9.97 Å². The Morgan fingerprint density at radius 2 is 1.52 bits per heavy atom. The van der Waals surface area contributed by atoms with Crippen LogP contribution in [0.25, 0.3) is 22.3 Å². The van der Waals surface area contributed by atoms with E-state index >= 15 is 0 Å². The molecular weight excluding hydrogens is 348 g/mol.